The second-order valence-corrected chi connectivity index (χ2v) is 8.54. The molecule has 0 aliphatic rings. The third kappa shape index (κ3) is 6.30. The van der Waals surface area contributed by atoms with Gasteiger partial charge in [-0.2, -0.15) is 0 Å². The average Bonchev–Trinajstić information content (AvgIpc) is 2.83. The Kier molecular flexibility index (Phi) is 7.53. The molecular weight excluding hydrogens is 410 g/mol. The summed E-state index contributed by atoms with van der Waals surface area (Å²) in [4.78, 5) is 0. The number of hydrogen-bond acceptors (Lipinski definition) is 0. The van der Waals surface area contributed by atoms with Gasteiger partial charge in [0, 0.05) is 5.56 Å². The first-order valence-corrected chi connectivity index (χ1v) is 11.7. The smallest absolute Gasteiger partial charge is 0.139 e. The van der Waals surface area contributed by atoms with Gasteiger partial charge in [0.15, 0.2) is 0 Å². The first-order valence-electron chi connectivity index (χ1n) is 11.7. The maximum absolute atomic E-state index is 14.6. The van der Waals surface area contributed by atoms with Crippen LogP contribution in [0.15, 0.2) is 78.9 Å². The SMILES string of the molecule is CCCCCc1ccc(CCc2ccc(C#Cc3ccc4cc(F)ccc4c3)c(F)c2)cc1. The molecule has 166 valence electrons. The van der Waals surface area contributed by atoms with Crippen molar-refractivity contribution >= 4 is 10.8 Å². The predicted octanol–water partition coefficient (Wildman–Crippen LogP) is 8.04. The normalized spacial score (nSPS) is 10.8. The summed E-state index contributed by atoms with van der Waals surface area (Å²) in [6, 6.07) is 24.3. The molecule has 0 saturated heterocycles. The Balaban J connectivity index is 1.38. The van der Waals surface area contributed by atoms with Crippen LogP contribution in [-0.4, -0.2) is 0 Å². The average molecular weight is 439 g/mol. The standard InChI is InChI=1S/C31H28F2/c1-2-3-4-5-23-6-8-24(9-7-23)10-11-26-13-16-27(31(33)21-26)15-12-25-14-17-29-22-30(32)19-18-28(29)20-25/h6-9,13-14,16-22H,2-5,10-11H2,1H3. The molecular formula is C31H28F2. The molecule has 0 aliphatic heterocycles. The molecule has 0 aliphatic carbocycles. The number of rotatable bonds is 7. The van der Waals surface area contributed by atoms with Crippen molar-refractivity contribution in [3.63, 3.8) is 0 Å². The minimum absolute atomic E-state index is 0.261. The van der Waals surface area contributed by atoms with Gasteiger partial charge in [0.25, 0.3) is 0 Å². The van der Waals surface area contributed by atoms with Gasteiger partial charge in [0.1, 0.15) is 11.6 Å². The molecule has 0 heterocycles. The highest BCUT2D eigenvalue weighted by molar-refractivity contribution is 5.84. The molecule has 0 unspecified atom stereocenters. The lowest BCUT2D eigenvalue weighted by atomic mass is 10.0. The molecule has 0 spiro atoms. The molecule has 0 radical (unpaired) electrons. The fourth-order valence-electron chi connectivity index (χ4n) is 3.99. The van der Waals surface area contributed by atoms with E-state index < -0.39 is 0 Å². The lowest BCUT2D eigenvalue weighted by molar-refractivity contribution is 0.621. The molecule has 2 heteroatoms. The molecule has 0 N–H and O–H groups in total. The van der Waals surface area contributed by atoms with Crippen LogP contribution in [0.2, 0.25) is 0 Å². The summed E-state index contributed by atoms with van der Waals surface area (Å²) in [7, 11) is 0. The summed E-state index contributed by atoms with van der Waals surface area (Å²) < 4.78 is 28.0. The van der Waals surface area contributed by atoms with Gasteiger partial charge in [0.05, 0.1) is 5.56 Å². The van der Waals surface area contributed by atoms with E-state index in [0.717, 1.165) is 41.2 Å². The number of fused-ring (bicyclic) bond motifs is 1. The minimum Gasteiger partial charge on any atom is -0.207 e. The van der Waals surface area contributed by atoms with Crippen molar-refractivity contribution in [3.8, 4) is 11.8 Å². The maximum Gasteiger partial charge on any atom is 0.139 e. The highest BCUT2D eigenvalue weighted by Gasteiger charge is 2.03. The largest absolute Gasteiger partial charge is 0.207 e. The van der Waals surface area contributed by atoms with Gasteiger partial charge < -0.3 is 0 Å². The lowest BCUT2D eigenvalue weighted by Gasteiger charge is -2.06. The van der Waals surface area contributed by atoms with Crippen molar-refractivity contribution in [1.29, 1.82) is 0 Å². The minimum atomic E-state index is -0.297. The van der Waals surface area contributed by atoms with Gasteiger partial charge in [0.2, 0.25) is 0 Å². The van der Waals surface area contributed by atoms with Crippen LogP contribution in [0.3, 0.4) is 0 Å². The summed E-state index contributed by atoms with van der Waals surface area (Å²) in [5, 5.41) is 1.73. The van der Waals surface area contributed by atoms with Crippen molar-refractivity contribution < 1.29 is 8.78 Å². The zero-order valence-electron chi connectivity index (χ0n) is 19.0. The highest BCUT2D eigenvalue weighted by Crippen LogP contribution is 2.18. The van der Waals surface area contributed by atoms with Crippen LogP contribution in [0.1, 0.15) is 54.0 Å². The molecule has 4 aromatic rings. The Morgan fingerprint density at radius 3 is 2.03 bits per heavy atom. The van der Waals surface area contributed by atoms with Crippen molar-refractivity contribution in [2.45, 2.75) is 45.4 Å². The molecule has 0 amide bonds. The zero-order valence-corrected chi connectivity index (χ0v) is 19.0. The summed E-state index contributed by atoms with van der Waals surface area (Å²) in [6.45, 7) is 2.22. The van der Waals surface area contributed by atoms with Crippen molar-refractivity contribution in [2.24, 2.45) is 0 Å². The van der Waals surface area contributed by atoms with Crippen molar-refractivity contribution in [3.05, 3.63) is 118 Å². The van der Waals surface area contributed by atoms with E-state index in [2.05, 4.69) is 43.0 Å². The Hall–Kier alpha value is -3.44. The monoisotopic (exact) mass is 438 g/mol. The third-order valence-corrected chi connectivity index (χ3v) is 5.97. The summed E-state index contributed by atoms with van der Waals surface area (Å²) >= 11 is 0. The molecule has 0 nitrogen and oxygen atoms in total. The van der Waals surface area contributed by atoms with Crippen LogP contribution in [0, 0.1) is 23.5 Å². The van der Waals surface area contributed by atoms with Crippen molar-refractivity contribution in [1.82, 2.24) is 0 Å². The number of unbranched alkanes of at least 4 members (excludes halogenated alkanes) is 2. The van der Waals surface area contributed by atoms with Crippen LogP contribution >= 0.6 is 0 Å². The fourth-order valence-corrected chi connectivity index (χ4v) is 3.99. The highest BCUT2D eigenvalue weighted by atomic mass is 19.1. The van der Waals surface area contributed by atoms with Gasteiger partial charge in [-0.15, -0.1) is 0 Å². The Labute approximate surface area is 195 Å². The maximum atomic E-state index is 14.6. The molecule has 0 fully saturated rings. The van der Waals surface area contributed by atoms with Gasteiger partial charge in [-0.3, -0.25) is 0 Å². The Morgan fingerprint density at radius 1 is 0.606 bits per heavy atom. The zero-order chi connectivity index (χ0) is 23.0. The third-order valence-electron chi connectivity index (χ3n) is 5.97. The number of hydrogen-bond donors (Lipinski definition) is 0. The van der Waals surface area contributed by atoms with E-state index in [1.165, 1.54) is 42.5 Å². The van der Waals surface area contributed by atoms with E-state index in [-0.39, 0.29) is 11.6 Å². The molecule has 0 bridgehead atoms. The Morgan fingerprint density at radius 2 is 1.27 bits per heavy atom. The molecule has 4 aromatic carbocycles. The van der Waals surface area contributed by atoms with E-state index >= 15 is 0 Å². The fraction of sp³-hybridized carbons (Fsp3) is 0.226. The molecule has 0 atom stereocenters. The van der Waals surface area contributed by atoms with Gasteiger partial charge in [-0.25, -0.2) is 8.78 Å². The number of benzene rings is 4. The molecule has 33 heavy (non-hydrogen) atoms. The van der Waals surface area contributed by atoms with E-state index in [9.17, 15) is 8.78 Å². The van der Waals surface area contributed by atoms with Crippen LogP contribution in [0.25, 0.3) is 10.8 Å². The Bertz CT molecular complexity index is 1290. The summed E-state index contributed by atoms with van der Waals surface area (Å²) in [5.41, 5.74) is 4.79. The van der Waals surface area contributed by atoms with Crippen molar-refractivity contribution in [2.75, 3.05) is 0 Å². The molecule has 0 saturated carbocycles. The second-order valence-electron chi connectivity index (χ2n) is 8.54. The van der Waals surface area contributed by atoms with Crippen LogP contribution in [0.4, 0.5) is 8.78 Å². The van der Waals surface area contributed by atoms with E-state index in [4.69, 9.17) is 0 Å². The molecule has 0 aromatic heterocycles. The number of aryl methyl sites for hydroxylation is 3. The number of halogens is 2. The predicted molar refractivity (Wildman–Crippen MR) is 133 cm³/mol. The van der Waals surface area contributed by atoms with Crippen LogP contribution in [-0.2, 0) is 19.3 Å². The van der Waals surface area contributed by atoms with Crippen LogP contribution < -0.4 is 0 Å². The topological polar surface area (TPSA) is 0 Å². The second kappa shape index (κ2) is 10.9. The van der Waals surface area contributed by atoms with E-state index in [1.54, 1.807) is 18.2 Å². The first-order chi connectivity index (χ1) is 16.1. The van der Waals surface area contributed by atoms with E-state index in [1.807, 2.05) is 24.3 Å². The van der Waals surface area contributed by atoms with Gasteiger partial charge >= 0.3 is 0 Å². The van der Waals surface area contributed by atoms with Gasteiger partial charge in [-0.05, 0) is 89.5 Å². The lowest BCUT2D eigenvalue weighted by Crippen LogP contribution is -1.94. The summed E-state index contributed by atoms with van der Waals surface area (Å²) in [6.07, 6.45) is 6.57. The van der Waals surface area contributed by atoms with E-state index in [0.29, 0.717) is 5.56 Å². The van der Waals surface area contributed by atoms with Crippen LogP contribution in [0.5, 0.6) is 0 Å². The molecule has 4 rings (SSSR count). The van der Waals surface area contributed by atoms with Gasteiger partial charge in [-0.1, -0.05) is 74.1 Å². The summed E-state index contributed by atoms with van der Waals surface area (Å²) in [5.74, 6) is 5.40. The first kappa shape index (κ1) is 22.7. The quantitative estimate of drug-likeness (QED) is 0.202.